The molecular weight excluding hydrogens is 533 g/mol. The fourth-order valence-electron chi connectivity index (χ4n) is 5.93. The number of rotatable bonds is 3. The zero-order valence-corrected chi connectivity index (χ0v) is 24.1. The van der Waals surface area contributed by atoms with Crippen molar-refractivity contribution < 1.29 is 0 Å². The highest BCUT2D eigenvalue weighted by atomic mass is 32.2. The predicted molar refractivity (Wildman–Crippen MR) is 175 cm³/mol. The summed E-state index contributed by atoms with van der Waals surface area (Å²) in [5, 5.41) is 0. The van der Waals surface area contributed by atoms with E-state index >= 15 is 0 Å². The van der Waals surface area contributed by atoms with Crippen molar-refractivity contribution in [1.29, 1.82) is 0 Å². The molecule has 8 rings (SSSR count). The summed E-state index contributed by atoms with van der Waals surface area (Å²) in [5.41, 5.74) is 13.8. The molecule has 0 radical (unpaired) electrons. The summed E-state index contributed by atoms with van der Waals surface area (Å²) in [6.07, 6.45) is 0.991. The highest BCUT2D eigenvalue weighted by molar-refractivity contribution is 7.99. The smallest absolute Gasteiger partial charge is 0.0201 e. The summed E-state index contributed by atoms with van der Waals surface area (Å²) in [7, 11) is 0. The van der Waals surface area contributed by atoms with Gasteiger partial charge < -0.3 is 0 Å². The van der Waals surface area contributed by atoms with Crippen LogP contribution in [0.1, 0.15) is 22.3 Å². The maximum Gasteiger partial charge on any atom is 0.0201 e. The van der Waals surface area contributed by atoms with E-state index in [1.165, 1.54) is 75.2 Å². The summed E-state index contributed by atoms with van der Waals surface area (Å²) < 4.78 is 0. The molecular formula is C39H26S2. The van der Waals surface area contributed by atoms with Crippen LogP contribution in [0.5, 0.6) is 0 Å². The largest absolute Gasteiger partial charge is 0.0905 e. The molecule has 2 aliphatic rings. The van der Waals surface area contributed by atoms with Crippen LogP contribution in [0, 0.1) is 0 Å². The van der Waals surface area contributed by atoms with Crippen molar-refractivity contribution in [3.8, 4) is 33.4 Å². The highest BCUT2D eigenvalue weighted by Gasteiger charge is 2.20. The van der Waals surface area contributed by atoms with Crippen LogP contribution >= 0.6 is 23.5 Å². The van der Waals surface area contributed by atoms with E-state index in [0.717, 1.165) is 12.0 Å². The Bertz CT molecular complexity index is 2000. The summed E-state index contributed by atoms with van der Waals surface area (Å²) >= 11 is 3.72. The minimum absolute atomic E-state index is 0.991. The van der Waals surface area contributed by atoms with Gasteiger partial charge in [-0.05, 0) is 116 Å². The van der Waals surface area contributed by atoms with Crippen molar-refractivity contribution in [3.05, 3.63) is 162 Å². The van der Waals surface area contributed by atoms with Gasteiger partial charge in [0, 0.05) is 19.6 Å². The lowest BCUT2D eigenvalue weighted by Crippen LogP contribution is -1.99. The third-order valence-electron chi connectivity index (χ3n) is 8.10. The molecule has 0 saturated carbocycles. The van der Waals surface area contributed by atoms with Crippen molar-refractivity contribution in [3.63, 3.8) is 0 Å². The Morgan fingerprint density at radius 2 is 0.902 bits per heavy atom. The monoisotopic (exact) mass is 558 g/mol. The normalized spacial score (nSPS) is 13.1. The first-order valence-corrected chi connectivity index (χ1v) is 15.5. The third kappa shape index (κ3) is 4.44. The second kappa shape index (κ2) is 9.99. The van der Waals surface area contributed by atoms with Gasteiger partial charge >= 0.3 is 0 Å². The van der Waals surface area contributed by atoms with Crippen LogP contribution in [0.3, 0.4) is 0 Å². The lowest BCUT2D eigenvalue weighted by atomic mass is 9.93. The molecule has 0 saturated heterocycles. The lowest BCUT2D eigenvalue weighted by molar-refractivity contribution is 1.06. The van der Waals surface area contributed by atoms with Gasteiger partial charge in [0.1, 0.15) is 0 Å². The van der Waals surface area contributed by atoms with Crippen molar-refractivity contribution in [2.75, 3.05) is 0 Å². The summed E-state index contributed by atoms with van der Waals surface area (Å²) in [6.45, 7) is 4.46. The third-order valence-corrected chi connectivity index (χ3v) is 10.5. The molecule has 0 nitrogen and oxygen atoms in total. The minimum atomic E-state index is 0.991. The Morgan fingerprint density at radius 1 is 0.390 bits per heavy atom. The molecule has 6 aromatic carbocycles. The maximum absolute atomic E-state index is 4.46. The first kappa shape index (κ1) is 24.5. The molecule has 0 N–H and O–H groups in total. The molecule has 6 aromatic rings. The average molecular weight is 559 g/mol. The van der Waals surface area contributed by atoms with Crippen LogP contribution in [0.2, 0.25) is 0 Å². The molecule has 0 unspecified atom stereocenters. The van der Waals surface area contributed by atoms with Crippen molar-refractivity contribution in [2.24, 2.45) is 0 Å². The molecule has 2 aliphatic heterocycles. The first-order chi connectivity index (χ1) is 20.2. The summed E-state index contributed by atoms with van der Waals surface area (Å²) in [5.74, 6) is 0. The van der Waals surface area contributed by atoms with E-state index in [-0.39, 0.29) is 0 Å². The Kier molecular flexibility index (Phi) is 5.98. The predicted octanol–water partition coefficient (Wildman–Crippen LogP) is 11.3. The molecule has 0 spiro atoms. The maximum atomic E-state index is 4.46. The Hall–Kier alpha value is -4.24. The molecule has 0 aliphatic carbocycles. The second-order valence-corrected chi connectivity index (χ2v) is 12.8. The van der Waals surface area contributed by atoms with E-state index in [1.54, 1.807) is 0 Å². The molecule has 0 amide bonds. The molecule has 2 heterocycles. The highest BCUT2D eigenvalue weighted by Crippen LogP contribution is 2.46. The Labute approximate surface area is 249 Å². The fourth-order valence-corrected chi connectivity index (χ4v) is 8.10. The van der Waals surface area contributed by atoms with Gasteiger partial charge in [0.05, 0.1) is 0 Å². The van der Waals surface area contributed by atoms with Crippen molar-refractivity contribution in [2.45, 2.75) is 26.0 Å². The SMILES string of the molecule is C=C1c2ccccc2Sc2ccc(-c3cccc(-c4cccc(-c5ccc6c(c5)Cc5ccccc5S6)c4)c3)cc21. The second-order valence-electron chi connectivity index (χ2n) is 10.7. The Balaban J connectivity index is 1.11. The van der Waals surface area contributed by atoms with Crippen LogP contribution in [0.25, 0.3) is 39.0 Å². The van der Waals surface area contributed by atoms with Crippen LogP contribution in [-0.2, 0) is 6.42 Å². The number of hydrogen-bond donors (Lipinski definition) is 0. The fraction of sp³-hybridized carbons (Fsp3) is 0.0256. The van der Waals surface area contributed by atoms with Crippen LogP contribution in [0.4, 0.5) is 0 Å². The van der Waals surface area contributed by atoms with Gasteiger partial charge in [0.15, 0.2) is 0 Å². The van der Waals surface area contributed by atoms with E-state index < -0.39 is 0 Å². The number of benzene rings is 6. The summed E-state index contributed by atoms with van der Waals surface area (Å²) in [4.78, 5) is 5.29. The van der Waals surface area contributed by atoms with E-state index in [0.29, 0.717) is 0 Å². The quantitative estimate of drug-likeness (QED) is 0.211. The average Bonchev–Trinajstić information content (AvgIpc) is 3.03. The number of fused-ring (bicyclic) bond motifs is 4. The molecule has 2 heteroatoms. The minimum Gasteiger partial charge on any atom is -0.0905 e. The molecule has 194 valence electrons. The molecule has 0 atom stereocenters. The zero-order chi connectivity index (χ0) is 27.3. The van der Waals surface area contributed by atoms with E-state index in [1.807, 2.05) is 23.5 Å². The van der Waals surface area contributed by atoms with Gasteiger partial charge in [0.25, 0.3) is 0 Å². The molecule has 0 aromatic heterocycles. The van der Waals surface area contributed by atoms with Gasteiger partial charge in [-0.2, -0.15) is 0 Å². The van der Waals surface area contributed by atoms with Gasteiger partial charge in [-0.25, -0.2) is 0 Å². The standard InChI is InChI=1S/C39H26S2/c1-25-34-13-3-5-15-38(34)41-39-19-17-31(24-35(25)39)29-12-7-10-27(21-29)26-9-6-11-28(20-26)30-16-18-37-33(22-30)23-32-8-2-4-14-36(32)40-37/h2-22,24H,1,23H2. The van der Waals surface area contributed by atoms with Crippen LogP contribution in [-0.4, -0.2) is 0 Å². The number of hydrogen-bond acceptors (Lipinski definition) is 2. The van der Waals surface area contributed by atoms with E-state index in [9.17, 15) is 0 Å². The van der Waals surface area contributed by atoms with Crippen molar-refractivity contribution in [1.82, 2.24) is 0 Å². The Morgan fingerprint density at radius 3 is 1.63 bits per heavy atom. The zero-order valence-electron chi connectivity index (χ0n) is 22.4. The van der Waals surface area contributed by atoms with Gasteiger partial charge in [-0.15, -0.1) is 0 Å². The first-order valence-electron chi connectivity index (χ1n) is 13.9. The topological polar surface area (TPSA) is 0 Å². The van der Waals surface area contributed by atoms with Crippen molar-refractivity contribution >= 4 is 29.1 Å². The molecule has 0 fully saturated rings. The lowest BCUT2D eigenvalue weighted by Gasteiger charge is -2.22. The van der Waals surface area contributed by atoms with E-state index in [4.69, 9.17) is 0 Å². The molecule has 41 heavy (non-hydrogen) atoms. The summed E-state index contributed by atoms with van der Waals surface area (Å²) in [6, 6.07) is 48.9. The van der Waals surface area contributed by atoms with Crippen LogP contribution in [0.15, 0.2) is 160 Å². The van der Waals surface area contributed by atoms with Gasteiger partial charge in [-0.1, -0.05) is 115 Å². The van der Waals surface area contributed by atoms with Gasteiger partial charge in [0.2, 0.25) is 0 Å². The van der Waals surface area contributed by atoms with E-state index in [2.05, 4.69) is 140 Å². The van der Waals surface area contributed by atoms with Crippen LogP contribution < -0.4 is 0 Å². The van der Waals surface area contributed by atoms with Gasteiger partial charge in [-0.3, -0.25) is 0 Å². The molecule has 0 bridgehead atoms.